The predicted molar refractivity (Wildman–Crippen MR) is 139 cm³/mol. The third kappa shape index (κ3) is 5.61. The van der Waals surface area contributed by atoms with Crippen LogP contribution in [-0.4, -0.2) is 21.6 Å². The Balaban J connectivity index is 1.52. The second-order valence-corrected chi connectivity index (χ2v) is 8.86. The van der Waals surface area contributed by atoms with Crippen molar-refractivity contribution in [1.29, 1.82) is 0 Å². The molecular formula is C28H27ClN4O2. The highest BCUT2D eigenvalue weighted by Gasteiger charge is 2.23. The number of carbonyl (C=O) groups excluding carboxylic acids is 2. The number of aromatic nitrogens is 2. The average molecular weight is 487 g/mol. The Hall–Kier alpha value is -3.90. The van der Waals surface area contributed by atoms with Gasteiger partial charge in [-0.3, -0.25) is 9.59 Å². The Labute approximate surface area is 209 Å². The fourth-order valence-electron chi connectivity index (χ4n) is 3.86. The van der Waals surface area contributed by atoms with Gasteiger partial charge >= 0.3 is 0 Å². The number of amides is 2. The highest BCUT2D eigenvalue weighted by atomic mass is 35.5. The molecule has 4 rings (SSSR count). The first kappa shape index (κ1) is 24.2. The number of nitrogens with zero attached hydrogens (tertiary/aromatic N) is 2. The van der Waals surface area contributed by atoms with Crippen LogP contribution in [0, 0.1) is 13.8 Å². The van der Waals surface area contributed by atoms with E-state index in [0.717, 1.165) is 16.7 Å². The molecule has 178 valence electrons. The zero-order valence-corrected chi connectivity index (χ0v) is 20.6. The zero-order chi connectivity index (χ0) is 24.9. The Morgan fingerprint density at radius 1 is 0.914 bits per heavy atom. The van der Waals surface area contributed by atoms with Crippen molar-refractivity contribution in [2.45, 2.75) is 33.4 Å². The van der Waals surface area contributed by atoms with E-state index < -0.39 is 5.91 Å². The van der Waals surface area contributed by atoms with Crippen LogP contribution in [0.3, 0.4) is 0 Å². The summed E-state index contributed by atoms with van der Waals surface area (Å²) >= 11 is 6.57. The van der Waals surface area contributed by atoms with Gasteiger partial charge in [0.25, 0.3) is 11.8 Å². The summed E-state index contributed by atoms with van der Waals surface area (Å²) in [5, 5.41) is 10.6. The first-order valence-electron chi connectivity index (χ1n) is 11.4. The lowest BCUT2D eigenvalue weighted by Crippen LogP contribution is -2.28. The third-order valence-corrected chi connectivity index (χ3v) is 6.20. The summed E-state index contributed by atoms with van der Waals surface area (Å²) in [4.78, 5) is 26.2. The van der Waals surface area contributed by atoms with Crippen LogP contribution >= 0.6 is 11.6 Å². The predicted octanol–water partition coefficient (Wildman–Crippen LogP) is 5.94. The van der Waals surface area contributed by atoms with Crippen LogP contribution < -0.4 is 10.6 Å². The molecule has 0 saturated carbocycles. The Morgan fingerprint density at radius 3 is 2.29 bits per heavy atom. The lowest BCUT2D eigenvalue weighted by atomic mass is 10.1. The van der Waals surface area contributed by atoms with E-state index >= 15 is 0 Å². The molecule has 7 heteroatoms. The van der Waals surface area contributed by atoms with Gasteiger partial charge in [0.1, 0.15) is 5.15 Å². The van der Waals surface area contributed by atoms with Crippen LogP contribution in [0.4, 0.5) is 5.69 Å². The summed E-state index contributed by atoms with van der Waals surface area (Å²) in [6, 6.07) is 24.5. The molecule has 35 heavy (non-hydrogen) atoms. The quantitative estimate of drug-likeness (QED) is 0.339. The van der Waals surface area contributed by atoms with Crippen molar-refractivity contribution < 1.29 is 9.59 Å². The monoisotopic (exact) mass is 486 g/mol. The van der Waals surface area contributed by atoms with Crippen LogP contribution in [-0.2, 0) is 6.54 Å². The van der Waals surface area contributed by atoms with Crippen molar-refractivity contribution in [2.75, 3.05) is 5.32 Å². The number of rotatable bonds is 7. The minimum atomic E-state index is -0.418. The van der Waals surface area contributed by atoms with Gasteiger partial charge in [-0.05, 0) is 44.0 Å². The molecule has 0 bridgehead atoms. The van der Waals surface area contributed by atoms with Gasteiger partial charge in [-0.1, -0.05) is 83.9 Å². The van der Waals surface area contributed by atoms with Crippen molar-refractivity contribution >= 4 is 29.1 Å². The van der Waals surface area contributed by atoms with E-state index in [9.17, 15) is 9.59 Å². The van der Waals surface area contributed by atoms with Gasteiger partial charge in [0, 0.05) is 0 Å². The van der Waals surface area contributed by atoms with Gasteiger partial charge < -0.3 is 10.6 Å². The molecular weight excluding hydrogens is 460 g/mol. The van der Waals surface area contributed by atoms with E-state index in [-0.39, 0.29) is 22.7 Å². The van der Waals surface area contributed by atoms with Crippen LogP contribution in [0.1, 0.15) is 56.1 Å². The number of nitrogens with one attached hydrogen (secondary N) is 2. The van der Waals surface area contributed by atoms with Crippen LogP contribution in [0.15, 0.2) is 78.9 Å². The van der Waals surface area contributed by atoms with Gasteiger partial charge in [0.15, 0.2) is 0 Å². The molecule has 0 saturated heterocycles. The maximum Gasteiger partial charge on any atom is 0.260 e. The van der Waals surface area contributed by atoms with Crippen molar-refractivity contribution in [1.82, 2.24) is 15.1 Å². The molecule has 1 aromatic heterocycles. The SMILES string of the molecule is Cc1ccc(Cn2nc(C)c(C(=O)Nc3ccccc3C(=O)NC(C)c3ccccc3)c2Cl)cc1. The molecule has 0 fully saturated rings. The molecule has 0 aliphatic rings. The van der Waals surface area contributed by atoms with E-state index in [1.54, 1.807) is 35.9 Å². The van der Waals surface area contributed by atoms with Crippen molar-refractivity contribution in [3.63, 3.8) is 0 Å². The molecule has 0 aliphatic carbocycles. The maximum atomic E-state index is 13.2. The number of anilines is 1. The first-order valence-corrected chi connectivity index (χ1v) is 11.8. The lowest BCUT2D eigenvalue weighted by Gasteiger charge is -2.16. The van der Waals surface area contributed by atoms with Gasteiger partial charge in [-0.2, -0.15) is 5.10 Å². The van der Waals surface area contributed by atoms with E-state index in [0.29, 0.717) is 23.5 Å². The molecule has 6 nitrogen and oxygen atoms in total. The average Bonchev–Trinajstić information content (AvgIpc) is 3.13. The lowest BCUT2D eigenvalue weighted by molar-refractivity contribution is 0.0940. The largest absolute Gasteiger partial charge is 0.345 e. The highest BCUT2D eigenvalue weighted by molar-refractivity contribution is 6.33. The number of hydrogen-bond acceptors (Lipinski definition) is 3. The number of carbonyl (C=O) groups is 2. The topological polar surface area (TPSA) is 76.0 Å². The Kier molecular flexibility index (Phi) is 7.32. The molecule has 3 aromatic carbocycles. The maximum absolute atomic E-state index is 13.2. The van der Waals surface area contributed by atoms with E-state index in [1.807, 2.05) is 68.4 Å². The van der Waals surface area contributed by atoms with Gasteiger partial charge in [0.05, 0.1) is 35.1 Å². The molecule has 0 radical (unpaired) electrons. The van der Waals surface area contributed by atoms with E-state index in [2.05, 4.69) is 15.7 Å². The molecule has 0 aliphatic heterocycles. The summed E-state index contributed by atoms with van der Waals surface area (Å²) in [5.74, 6) is -0.700. The smallest absolute Gasteiger partial charge is 0.260 e. The molecule has 1 heterocycles. The number of hydrogen-bond donors (Lipinski definition) is 2. The second-order valence-electron chi connectivity index (χ2n) is 8.50. The molecule has 1 atom stereocenters. The summed E-state index contributed by atoms with van der Waals surface area (Å²) < 4.78 is 1.61. The summed E-state index contributed by atoms with van der Waals surface area (Å²) in [7, 11) is 0. The first-order chi connectivity index (χ1) is 16.8. The van der Waals surface area contributed by atoms with E-state index in [1.165, 1.54) is 0 Å². The second kappa shape index (κ2) is 10.6. The molecule has 2 amide bonds. The Morgan fingerprint density at radius 2 is 1.57 bits per heavy atom. The van der Waals surface area contributed by atoms with Crippen LogP contribution in [0.5, 0.6) is 0 Å². The molecule has 0 spiro atoms. The van der Waals surface area contributed by atoms with Crippen LogP contribution in [0.25, 0.3) is 0 Å². The number of halogens is 1. The molecule has 4 aromatic rings. The summed E-state index contributed by atoms with van der Waals surface area (Å²) in [6.07, 6.45) is 0. The van der Waals surface area contributed by atoms with E-state index in [4.69, 9.17) is 11.6 Å². The highest BCUT2D eigenvalue weighted by Crippen LogP contribution is 2.24. The van der Waals surface area contributed by atoms with Gasteiger partial charge in [0.2, 0.25) is 0 Å². The van der Waals surface area contributed by atoms with Crippen LogP contribution in [0.2, 0.25) is 5.15 Å². The standard InChI is InChI=1S/C28H27ClN4O2/c1-18-13-15-21(16-14-18)17-33-26(29)25(20(3)32-33)28(35)31-24-12-8-7-11-23(24)27(34)30-19(2)22-9-5-4-6-10-22/h4-16,19H,17H2,1-3H3,(H,30,34)(H,31,35). The van der Waals surface area contributed by atoms with Gasteiger partial charge in [-0.15, -0.1) is 0 Å². The van der Waals surface area contributed by atoms with Crippen molar-refractivity contribution in [3.8, 4) is 0 Å². The summed E-state index contributed by atoms with van der Waals surface area (Å²) in [6.45, 7) is 6.13. The molecule has 2 N–H and O–H groups in total. The summed E-state index contributed by atoms with van der Waals surface area (Å²) in [5.41, 5.74) is 4.75. The minimum Gasteiger partial charge on any atom is -0.345 e. The third-order valence-electron chi connectivity index (χ3n) is 5.81. The fourth-order valence-corrected chi connectivity index (χ4v) is 4.18. The number of para-hydroxylation sites is 1. The normalized spacial score (nSPS) is 11.7. The van der Waals surface area contributed by atoms with Gasteiger partial charge in [-0.25, -0.2) is 4.68 Å². The molecule has 1 unspecified atom stereocenters. The van der Waals surface area contributed by atoms with Crippen molar-refractivity contribution in [3.05, 3.63) is 118 Å². The fraction of sp³-hybridized carbons (Fsp3) is 0.179. The number of aryl methyl sites for hydroxylation is 2. The zero-order valence-electron chi connectivity index (χ0n) is 19.9. The minimum absolute atomic E-state index is 0.191. The van der Waals surface area contributed by atoms with Crippen molar-refractivity contribution in [2.24, 2.45) is 0 Å². The number of benzene rings is 3. The Bertz CT molecular complexity index is 1350.